The number of hydrogen-bond acceptors (Lipinski definition) is 3. The van der Waals surface area contributed by atoms with Crippen molar-refractivity contribution in [3.05, 3.63) is 0 Å². The van der Waals surface area contributed by atoms with Crippen molar-refractivity contribution < 1.29 is 0 Å². The van der Waals surface area contributed by atoms with E-state index in [2.05, 4.69) is 17.6 Å². The highest BCUT2D eigenvalue weighted by Crippen LogP contribution is 2.37. The van der Waals surface area contributed by atoms with Crippen LogP contribution in [0.2, 0.25) is 0 Å². The lowest BCUT2D eigenvalue weighted by atomic mass is 9.87. The molecule has 0 saturated heterocycles. The van der Waals surface area contributed by atoms with Gasteiger partial charge in [-0.05, 0) is 45.9 Å². The highest BCUT2D eigenvalue weighted by atomic mass is 32.2. The summed E-state index contributed by atoms with van der Waals surface area (Å²) in [6.07, 6.45) is 10.0. The highest BCUT2D eigenvalue weighted by Gasteiger charge is 2.30. The summed E-state index contributed by atoms with van der Waals surface area (Å²) in [5, 5.41) is 12.5. The van der Waals surface area contributed by atoms with Crippen LogP contribution in [0.4, 0.5) is 0 Å². The molecule has 0 aromatic carbocycles. The van der Waals surface area contributed by atoms with E-state index >= 15 is 0 Å². The Bertz CT molecular complexity index is 262. The van der Waals surface area contributed by atoms with Gasteiger partial charge in [0.1, 0.15) is 0 Å². The molecule has 98 valence electrons. The van der Waals surface area contributed by atoms with E-state index in [0.717, 1.165) is 19.5 Å². The first-order valence-corrected chi connectivity index (χ1v) is 7.93. The molecule has 0 radical (unpaired) electrons. The van der Waals surface area contributed by atoms with E-state index in [-0.39, 0.29) is 5.41 Å². The van der Waals surface area contributed by atoms with Crippen molar-refractivity contribution in [2.24, 2.45) is 5.41 Å². The second kappa shape index (κ2) is 6.66. The van der Waals surface area contributed by atoms with E-state index in [1.807, 2.05) is 25.6 Å². The van der Waals surface area contributed by atoms with Crippen LogP contribution in [0.15, 0.2) is 0 Å². The van der Waals surface area contributed by atoms with E-state index in [1.165, 1.54) is 32.1 Å². The second-order valence-electron chi connectivity index (χ2n) is 5.87. The van der Waals surface area contributed by atoms with Crippen LogP contribution in [0.5, 0.6) is 0 Å². The summed E-state index contributed by atoms with van der Waals surface area (Å²) in [4.78, 5) is 0. The van der Waals surface area contributed by atoms with Gasteiger partial charge in [-0.3, -0.25) is 0 Å². The Labute approximate surface area is 111 Å². The van der Waals surface area contributed by atoms with Gasteiger partial charge in [0, 0.05) is 11.3 Å². The Hall–Kier alpha value is -0.200. The first kappa shape index (κ1) is 14.9. The van der Waals surface area contributed by atoms with Crippen LogP contribution in [0.25, 0.3) is 0 Å². The molecule has 1 fully saturated rings. The molecule has 0 amide bonds. The molecule has 0 aliphatic heterocycles. The molecule has 0 heterocycles. The summed E-state index contributed by atoms with van der Waals surface area (Å²) in [6.45, 7) is 6.10. The van der Waals surface area contributed by atoms with Gasteiger partial charge in [0.25, 0.3) is 0 Å². The Balaban J connectivity index is 2.27. The van der Waals surface area contributed by atoms with Crippen molar-refractivity contribution in [1.82, 2.24) is 5.32 Å². The molecule has 0 aromatic heterocycles. The lowest BCUT2D eigenvalue weighted by molar-refractivity contribution is 0.364. The van der Waals surface area contributed by atoms with Crippen molar-refractivity contribution in [2.45, 2.75) is 57.1 Å². The number of nitrogens with zero attached hydrogens (tertiary/aromatic N) is 1. The highest BCUT2D eigenvalue weighted by molar-refractivity contribution is 8.00. The minimum Gasteiger partial charge on any atom is -0.315 e. The maximum atomic E-state index is 8.96. The first-order valence-electron chi connectivity index (χ1n) is 6.71. The van der Waals surface area contributed by atoms with Crippen molar-refractivity contribution in [1.29, 1.82) is 5.26 Å². The number of rotatable bonds is 6. The van der Waals surface area contributed by atoms with Gasteiger partial charge in [-0.2, -0.15) is 17.0 Å². The summed E-state index contributed by atoms with van der Waals surface area (Å²) >= 11 is 2.03. The lowest BCUT2D eigenvalue weighted by Crippen LogP contribution is -2.40. The van der Waals surface area contributed by atoms with Crippen LogP contribution < -0.4 is 5.32 Å². The molecule has 17 heavy (non-hydrogen) atoms. The molecule has 0 unspecified atom stereocenters. The minimum atomic E-state index is -0.188. The third kappa shape index (κ3) is 4.89. The summed E-state index contributed by atoms with van der Waals surface area (Å²) in [6, 6.07) is 2.36. The van der Waals surface area contributed by atoms with E-state index in [9.17, 15) is 0 Å². The number of thioether (sulfide) groups is 1. The average molecular weight is 254 g/mol. The van der Waals surface area contributed by atoms with Crippen LogP contribution in [0.3, 0.4) is 0 Å². The predicted molar refractivity (Wildman–Crippen MR) is 76.2 cm³/mol. The van der Waals surface area contributed by atoms with Crippen molar-refractivity contribution in [3.8, 4) is 6.07 Å². The fraction of sp³-hybridized carbons (Fsp3) is 0.929. The monoisotopic (exact) mass is 254 g/mol. The maximum Gasteiger partial charge on any atom is 0.0684 e. The third-order valence-corrected chi connectivity index (χ3v) is 5.29. The average Bonchev–Trinajstić information content (AvgIpc) is 2.36. The third-order valence-electron chi connectivity index (χ3n) is 3.87. The molecular formula is C14H26N2S. The predicted octanol–water partition coefficient (Wildman–Crippen LogP) is 3.58. The van der Waals surface area contributed by atoms with E-state index in [1.54, 1.807) is 0 Å². The van der Waals surface area contributed by atoms with Gasteiger partial charge in [-0.15, -0.1) is 0 Å². The maximum absolute atomic E-state index is 8.96. The molecular weight excluding hydrogens is 228 g/mol. The van der Waals surface area contributed by atoms with Gasteiger partial charge < -0.3 is 5.32 Å². The smallest absolute Gasteiger partial charge is 0.0684 e. The van der Waals surface area contributed by atoms with Crippen LogP contribution in [-0.2, 0) is 0 Å². The molecule has 1 N–H and O–H groups in total. The molecule has 0 atom stereocenters. The standard InChI is InChI=1S/C14H26N2S/c1-13(2,11-15)9-10-16-12-14(17-3)7-5-4-6-8-14/h16H,4-10,12H2,1-3H3. The van der Waals surface area contributed by atoms with Gasteiger partial charge in [0.05, 0.1) is 11.5 Å². The van der Waals surface area contributed by atoms with Gasteiger partial charge in [0.15, 0.2) is 0 Å². The molecule has 1 aliphatic carbocycles. The molecule has 1 aliphatic rings. The van der Waals surface area contributed by atoms with Gasteiger partial charge in [-0.1, -0.05) is 19.3 Å². The zero-order valence-electron chi connectivity index (χ0n) is 11.5. The largest absolute Gasteiger partial charge is 0.315 e. The van der Waals surface area contributed by atoms with Crippen molar-refractivity contribution in [2.75, 3.05) is 19.3 Å². The van der Waals surface area contributed by atoms with E-state index < -0.39 is 0 Å². The topological polar surface area (TPSA) is 35.8 Å². The van der Waals surface area contributed by atoms with Gasteiger partial charge >= 0.3 is 0 Å². The SMILES string of the molecule is CSC1(CNCCC(C)(C)C#N)CCCCC1. The zero-order chi connectivity index (χ0) is 12.8. The van der Waals surface area contributed by atoms with Crippen LogP contribution >= 0.6 is 11.8 Å². The molecule has 2 nitrogen and oxygen atoms in total. The van der Waals surface area contributed by atoms with Gasteiger partial charge in [-0.25, -0.2) is 0 Å². The van der Waals surface area contributed by atoms with Gasteiger partial charge in [0.2, 0.25) is 0 Å². The fourth-order valence-electron chi connectivity index (χ4n) is 2.42. The molecule has 1 saturated carbocycles. The fourth-order valence-corrected chi connectivity index (χ4v) is 3.37. The summed E-state index contributed by atoms with van der Waals surface area (Å²) < 4.78 is 0.467. The molecule has 0 spiro atoms. The summed E-state index contributed by atoms with van der Waals surface area (Å²) in [5.74, 6) is 0. The van der Waals surface area contributed by atoms with Crippen LogP contribution in [-0.4, -0.2) is 24.1 Å². The van der Waals surface area contributed by atoms with Crippen LogP contribution in [0.1, 0.15) is 52.4 Å². The first-order chi connectivity index (χ1) is 8.04. The quantitative estimate of drug-likeness (QED) is 0.736. The molecule has 3 heteroatoms. The molecule has 0 bridgehead atoms. The van der Waals surface area contributed by atoms with Crippen molar-refractivity contribution in [3.63, 3.8) is 0 Å². The number of nitrogens with one attached hydrogen (secondary N) is 1. The lowest BCUT2D eigenvalue weighted by Gasteiger charge is -2.36. The summed E-state index contributed by atoms with van der Waals surface area (Å²) in [7, 11) is 0. The summed E-state index contributed by atoms with van der Waals surface area (Å²) in [5.41, 5.74) is -0.188. The Morgan fingerprint density at radius 2 is 1.94 bits per heavy atom. The second-order valence-corrected chi connectivity index (χ2v) is 7.14. The Morgan fingerprint density at radius 3 is 2.47 bits per heavy atom. The van der Waals surface area contributed by atoms with Crippen LogP contribution in [0, 0.1) is 16.7 Å². The Morgan fingerprint density at radius 1 is 1.29 bits per heavy atom. The minimum absolute atomic E-state index is 0.188. The number of nitriles is 1. The van der Waals surface area contributed by atoms with E-state index in [0.29, 0.717) is 4.75 Å². The molecule has 0 aromatic rings. The van der Waals surface area contributed by atoms with E-state index in [4.69, 9.17) is 5.26 Å². The van der Waals surface area contributed by atoms with Crippen molar-refractivity contribution >= 4 is 11.8 Å². The Kier molecular flexibility index (Phi) is 5.82. The zero-order valence-corrected chi connectivity index (χ0v) is 12.3. The normalized spacial score (nSPS) is 19.9. The number of hydrogen-bond donors (Lipinski definition) is 1. The molecule has 1 rings (SSSR count).